The van der Waals surface area contributed by atoms with E-state index in [0.29, 0.717) is 0 Å². The molecule has 2 heterocycles. The molecule has 2 aliphatic rings. The molecule has 0 saturated heterocycles. The van der Waals surface area contributed by atoms with E-state index in [2.05, 4.69) is 9.98 Å². The molecule has 0 radical (unpaired) electrons. The van der Waals surface area contributed by atoms with Crippen LogP contribution in [-0.2, 0) is 9.53 Å². The first-order chi connectivity index (χ1) is 8.11. The van der Waals surface area contributed by atoms with Gasteiger partial charge in [-0.05, 0) is 6.92 Å². The van der Waals surface area contributed by atoms with E-state index in [0.717, 1.165) is 0 Å². The highest BCUT2D eigenvalue weighted by molar-refractivity contribution is 6.12. The fourth-order valence-corrected chi connectivity index (χ4v) is 1.51. The summed E-state index contributed by atoms with van der Waals surface area (Å²) in [5.74, 6) is -0.728. The van der Waals surface area contributed by atoms with Crippen LogP contribution in [0, 0.1) is 16.0 Å². The number of fused-ring (bicyclic) bond motifs is 1. The Morgan fingerprint density at radius 2 is 2.29 bits per heavy atom. The van der Waals surface area contributed by atoms with Crippen molar-refractivity contribution in [2.24, 2.45) is 15.9 Å². The zero-order valence-corrected chi connectivity index (χ0v) is 8.99. The average molecular weight is 235 g/mol. The molecule has 0 spiro atoms. The van der Waals surface area contributed by atoms with Crippen LogP contribution in [0.4, 0.5) is 0 Å². The summed E-state index contributed by atoms with van der Waals surface area (Å²) in [4.78, 5) is 28.9. The lowest BCUT2D eigenvalue weighted by molar-refractivity contribution is -0.417. The fourth-order valence-electron chi connectivity index (χ4n) is 1.51. The molecule has 1 unspecified atom stereocenters. The zero-order valence-electron chi connectivity index (χ0n) is 8.99. The molecule has 0 bridgehead atoms. The third-order valence-electron chi connectivity index (χ3n) is 2.22. The van der Waals surface area contributed by atoms with E-state index in [1.165, 1.54) is 18.2 Å². The third-order valence-corrected chi connectivity index (χ3v) is 2.22. The fraction of sp³-hybridized carbons (Fsp3) is 0.300. The standard InChI is InChI=1S/C10H9N3O4/c1-2-17-10-7(13(15)16)5-6-3-4-8(14)11-9(6)12-10/h3-6H,2H2,1H3. The van der Waals surface area contributed by atoms with Crippen LogP contribution in [-0.4, -0.2) is 29.2 Å². The van der Waals surface area contributed by atoms with Gasteiger partial charge in [-0.25, -0.2) is 0 Å². The van der Waals surface area contributed by atoms with Crippen LogP contribution in [0.2, 0.25) is 0 Å². The lowest BCUT2D eigenvalue weighted by atomic mass is 10.0. The quantitative estimate of drug-likeness (QED) is 0.520. The molecule has 17 heavy (non-hydrogen) atoms. The van der Waals surface area contributed by atoms with Gasteiger partial charge in [0.25, 0.3) is 11.8 Å². The van der Waals surface area contributed by atoms with Crippen LogP contribution in [0.3, 0.4) is 0 Å². The first-order valence-electron chi connectivity index (χ1n) is 5.00. The summed E-state index contributed by atoms with van der Waals surface area (Å²) in [6, 6.07) is 0. The molecule has 0 aromatic rings. The number of amides is 1. The van der Waals surface area contributed by atoms with Gasteiger partial charge < -0.3 is 4.74 Å². The number of dihydropyridines is 2. The molecular formula is C10H9N3O4. The normalized spacial score (nSPS) is 22.3. The van der Waals surface area contributed by atoms with Gasteiger partial charge in [0.05, 0.1) is 17.4 Å². The van der Waals surface area contributed by atoms with Crippen molar-refractivity contribution in [3.8, 4) is 0 Å². The molecule has 0 aromatic carbocycles. The predicted molar refractivity (Wildman–Crippen MR) is 59.2 cm³/mol. The summed E-state index contributed by atoms with van der Waals surface area (Å²) in [5.41, 5.74) is -0.199. The number of carbonyl (C=O) groups is 1. The molecule has 7 nitrogen and oxygen atoms in total. The number of carbonyl (C=O) groups excluding carboxylic acids is 1. The van der Waals surface area contributed by atoms with Crippen molar-refractivity contribution in [2.75, 3.05) is 6.61 Å². The van der Waals surface area contributed by atoms with Crippen molar-refractivity contribution in [3.05, 3.63) is 34.0 Å². The number of amidine groups is 1. The minimum absolute atomic E-state index is 0.101. The Balaban J connectivity index is 2.40. The molecule has 88 valence electrons. The van der Waals surface area contributed by atoms with Crippen LogP contribution in [0.15, 0.2) is 33.9 Å². The van der Waals surface area contributed by atoms with Gasteiger partial charge >= 0.3 is 5.70 Å². The molecule has 0 saturated carbocycles. The van der Waals surface area contributed by atoms with Gasteiger partial charge in [0, 0.05) is 12.2 Å². The molecule has 2 aliphatic heterocycles. The highest BCUT2D eigenvalue weighted by atomic mass is 16.6. The monoisotopic (exact) mass is 235 g/mol. The number of hydrogen-bond acceptors (Lipinski definition) is 5. The second-order valence-electron chi connectivity index (χ2n) is 3.35. The van der Waals surface area contributed by atoms with Crippen molar-refractivity contribution in [3.63, 3.8) is 0 Å². The van der Waals surface area contributed by atoms with Crippen molar-refractivity contribution in [1.29, 1.82) is 0 Å². The highest BCUT2D eigenvalue weighted by Gasteiger charge is 2.31. The van der Waals surface area contributed by atoms with E-state index in [1.807, 2.05) is 0 Å². The summed E-state index contributed by atoms with van der Waals surface area (Å²) in [6.07, 6.45) is 4.17. The van der Waals surface area contributed by atoms with E-state index in [1.54, 1.807) is 6.92 Å². The van der Waals surface area contributed by atoms with Gasteiger partial charge in [0.1, 0.15) is 5.84 Å². The Labute approximate surface area is 96.4 Å². The smallest absolute Gasteiger partial charge is 0.328 e. The van der Waals surface area contributed by atoms with Crippen molar-refractivity contribution >= 4 is 17.6 Å². The molecule has 0 aliphatic carbocycles. The summed E-state index contributed by atoms with van der Waals surface area (Å²) in [7, 11) is 0. The Morgan fingerprint density at radius 3 is 2.94 bits per heavy atom. The maximum atomic E-state index is 11.1. The summed E-state index contributed by atoms with van der Waals surface area (Å²) in [5, 5.41) is 10.8. The topological polar surface area (TPSA) is 94.2 Å². The minimum Gasteiger partial charge on any atom is -0.473 e. The first-order valence-corrected chi connectivity index (χ1v) is 5.00. The number of nitrogens with zero attached hydrogens (tertiary/aromatic N) is 3. The second-order valence-corrected chi connectivity index (χ2v) is 3.35. The van der Waals surface area contributed by atoms with Crippen molar-refractivity contribution in [2.45, 2.75) is 6.92 Å². The molecular weight excluding hydrogens is 226 g/mol. The Morgan fingerprint density at radius 1 is 1.53 bits per heavy atom. The lowest BCUT2D eigenvalue weighted by Gasteiger charge is -2.16. The van der Waals surface area contributed by atoms with Crippen LogP contribution in [0.1, 0.15) is 6.92 Å². The second kappa shape index (κ2) is 4.28. The maximum absolute atomic E-state index is 11.1. The van der Waals surface area contributed by atoms with Gasteiger partial charge in [-0.15, -0.1) is 0 Å². The van der Waals surface area contributed by atoms with Crippen molar-refractivity contribution < 1.29 is 14.5 Å². The number of rotatable bonds is 2. The minimum atomic E-state index is -0.560. The predicted octanol–water partition coefficient (Wildman–Crippen LogP) is 0.707. The van der Waals surface area contributed by atoms with Gasteiger partial charge in [0.2, 0.25) is 0 Å². The largest absolute Gasteiger partial charge is 0.473 e. The number of hydrogen-bond donors (Lipinski definition) is 0. The lowest BCUT2D eigenvalue weighted by Crippen LogP contribution is -2.27. The van der Waals surface area contributed by atoms with Crippen LogP contribution >= 0.6 is 0 Å². The average Bonchev–Trinajstić information content (AvgIpc) is 2.28. The summed E-state index contributed by atoms with van der Waals surface area (Å²) >= 11 is 0. The Kier molecular flexibility index (Phi) is 2.82. The highest BCUT2D eigenvalue weighted by Crippen LogP contribution is 2.20. The molecule has 0 aromatic heterocycles. The Hall–Kier alpha value is -2.31. The Bertz CT molecular complexity index is 502. The zero-order chi connectivity index (χ0) is 12.4. The molecule has 1 atom stereocenters. The number of aliphatic imine (C=N–C) groups is 2. The van der Waals surface area contributed by atoms with Crippen molar-refractivity contribution in [1.82, 2.24) is 0 Å². The van der Waals surface area contributed by atoms with E-state index in [-0.39, 0.29) is 24.0 Å². The van der Waals surface area contributed by atoms with E-state index in [4.69, 9.17) is 4.74 Å². The van der Waals surface area contributed by atoms with Gasteiger partial charge in [-0.2, -0.15) is 9.98 Å². The SMILES string of the molecule is CCOC1=NC2=NC(=O)C=CC2C=C1[N+](=O)[O-]. The summed E-state index contributed by atoms with van der Waals surface area (Å²) < 4.78 is 5.06. The summed E-state index contributed by atoms with van der Waals surface area (Å²) in [6.45, 7) is 1.95. The van der Waals surface area contributed by atoms with Crippen LogP contribution in [0.5, 0.6) is 0 Å². The number of nitro groups is 1. The van der Waals surface area contributed by atoms with Gasteiger partial charge in [0.15, 0.2) is 0 Å². The third kappa shape index (κ3) is 2.12. The van der Waals surface area contributed by atoms with Crippen LogP contribution < -0.4 is 0 Å². The maximum Gasteiger partial charge on any atom is 0.328 e. The molecule has 1 amide bonds. The van der Waals surface area contributed by atoms with E-state index < -0.39 is 16.7 Å². The van der Waals surface area contributed by atoms with Gasteiger partial charge in [-0.3, -0.25) is 14.9 Å². The first kappa shape index (κ1) is 11.2. The van der Waals surface area contributed by atoms with E-state index in [9.17, 15) is 14.9 Å². The number of ether oxygens (including phenoxy) is 1. The van der Waals surface area contributed by atoms with Gasteiger partial charge in [-0.1, -0.05) is 6.08 Å². The van der Waals surface area contributed by atoms with Crippen LogP contribution in [0.25, 0.3) is 0 Å². The molecule has 0 N–H and O–H groups in total. The molecule has 7 heteroatoms. The van der Waals surface area contributed by atoms with E-state index >= 15 is 0 Å². The molecule has 0 fully saturated rings. The molecule has 2 rings (SSSR count).